The van der Waals surface area contributed by atoms with Crippen LogP contribution in [-0.4, -0.2) is 16.8 Å². The number of carbonyl (C=O) groups excluding carboxylic acids is 1. The Morgan fingerprint density at radius 2 is 1.90 bits per heavy atom. The minimum Gasteiger partial charge on any atom is -0.306 e. The Kier molecular flexibility index (Phi) is 4.74. The first kappa shape index (κ1) is 14.5. The van der Waals surface area contributed by atoms with E-state index in [0.29, 0.717) is 6.54 Å². The Morgan fingerprint density at radius 3 is 2.45 bits per heavy atom. The molecule has 0 saturated heterocycles. The molecule has 0 aliphatic rings. The van der Waals surface area contributed by atoms with Gasteiger partial charge in [0.25, 0.3) is 0 Å². The first-order chi connectivity index (χ1) is 9.63. The minimum absolute atomic E-state index is 0.0337. The van der Waals surface area contributed by atoms with E-state index in [1.807, 2.05) is 44.2 Å². The van der Waals surface area contributed by atoms with Crippen molar-refractivity contribution in [2.24, 2.45) is 0 Å². The number of pyridine rings is 1. The summed E-state index contributed by atoms with van der Waals surface area (Å²) in [6.07, 6.45) is 3.48. The third-order valence-electron chi connectivity index (χ3n) is 3.19. The van der Waals surface area contributed by atoms with Crippen molar-refractivity contribution in [2.75, 3.05) is 10.8 Å². The lowest BCUT2D eigenvalue weighted by molar-refractivity contribution is -0.116. The molecule has 0 bridgehead atoms. The topological polar surface area (TPSA) is 33.2 Å². The van der Waals surface area contributed by atoms with E-state index < -0.39 is 0 Å². The predicted molar refractivity (Wildman–Crippen MR) is 82.1 cm³/mol. The molecule has 0 atom stereocenters. The van der Waals surface area contributed by atoms with Gasteiger partial charge in [0.15, 0.2) is 0 Å². The number of benzene rings is 1. The van der Waals surface area contributed by atoms with Crippen LogP contribution in [0, 0.1) is 13.8 Å². The van der Waals surface area contributed by atoms with E-state index in [-0.39, 0.29) is 11.8 Å². The predicted octanol–water partition coefficient (Wildman–Crippen LogP) is 3.47. The van der Waals surface area contributed by atoms with Crippen molar-refractivity contribution in [3.8, 4) is 0 Å². The summed E-state index contributed by atoms with van der Waals surface area (Å²) in [4.78, 5) is 18.0. The highest BCUT2D eigenvalue weighted by Crippen LogP contribution is 2.26. The van der Waals surface area contributed by atoms with E-state index in [1.54, 1.807) is 17.3 Å². The van der Waals surface area contributed by atoms with Crippen molar-refractivity contribution in [3.63, 3.8) is 0 Å². The van der Waals surface area contributed by atoms with Crippen molar-refractivity contribution in [3.05, 3.63) is 59.4 Å². The van der Waals surface area contributed by atoms with Gasteiger partial charge in [0.05, 0.1) is 6.54 Å². The lowest BCUT2D eigenvalue weighted by Crippen LogP contribution is -2.32. The van der Waals surface area contributed by atoms with Gasteiger partial charge in [0.1, 0.15) is 5.88 Å². The molecule has 2 rings (SSSR count). The maximum Gasteiger partial charge on any atom is 0.242 e. The number of para-hydroxylation sites is 1. The maximum absolute atomic E-state index is 12.2. The van der Waals surface area contributed by atoms with Crippen LogP contribution < -0.4 is 4.90 Å². The molecule has 0 fully saturated rings. The van der Waals surface area contributed by atoms with Gasteiger partial charge in [-0.2, -0.15) is 0 Å². The van der Waals surface area contributed by atoms with Gasteiger partial charge in [0, 0.05) is 18.1 Å². The maximum atomic E-state index is 12.2. The highest BCUT2D eigenvalue weighted by atomic mass is 35.5. The Hall–Kier alpha value is -1.87. The van der Waals surface area contributed by atoms with Gasteiger partial charge in [-0.25, -0.2) is 0 Å². The summed E-state index contributed by atoms with van der Waals surface area (Å²) in [7, 11) is 0. The van der Waals surface area contributed by atoms with Crippen LogP contribution >= 0.6 is 11.6 Å². The second-order valence-electron chi connectivity index (χ2n) is 4.72. The molecular weight excluding hydrogens is 272 g/mol. The number of rotatable bonds is 4. The fourth-order valence-corrected chi connectivity index (χ4v) is 2.41. The largest absolute Gasteiger partial charge is 0.306 e. The highest BCUT2D eigenvalue weighted by Gasteiger charge is 2.18. The molecule has 104 valence electrons. The van der Waals surface area contributed by atoms with Gasteiger partial charge in [-0.1, -0.05) is 24.3 Å². The van der Waals surface area contributed by atoms with Gasteiger partial charge < -0.3 is 4.90 Å². The van der Waals surface area contributed by atoms with E-state index >= 15 is 0 Å². The number of amides is 1. The molecule has 2 aromatic rings. The first-order valence-electron chi connectivity index (χ1n) is 6.45. The van der Waals surface area contributed by atoms with E-state index in [0.717, 1.165) is 22.4 Å². The van der Waals surface area contributed by atoms with Crippen LogP contribution in [0.25, 0.3) is 0 Å². The summed E-state index contributed by atoms with van der Waals surface area (Å²) in [5, 5.41) is 0. The van der Waals surface area contributed by atoms with Crippen molar-refractivity contribution in [1.29, 1.82) is 0 Å². The summed E-state index contributed by atoms with van der Waals surface area (Å²) in [6, 6.07) is 9.81. The summed E-state index contributed by atoms with van der Waals surface area (Å²) in [5.41, 5.74) is 4.04. The standard InChI is InChI=1S/C16H17ClN2O/c1-12-5-3-6-13(2)16(12)19(15(20)9-17)11-14-7-4-8-18-10-14/h3-8,10H,9,11H2,1-2H3. The highest BCUT2D eigenvalue weighted by molar-refractivity contribution is 6.29. The zero-order valence-corrected chi connectivity index (χ0v) is 12.4. The number of halogens is 1. The molecular formula is C16H17ClN2O. The molecule has 0 aliphatic carbocycles. The van der Waals surface area contributed by atoms with Crippen LogP contribution in [0.1, 0.15) is 16.7 Å². The number of hydrogen-bond donors (Lipinski definition) is 0. The lowest BCUT2D eigenvalue weighted by atomic mass is 10.1. The van der Waals surface area contributed by atoms with Gasteiger partial charge in [-0.05, 0) is 36.6 Å². The smallest absolute Gasteiger partial charge is 0.242 e. The second-order valence-corrected chi connectivity index (χ2v) is 4.98. The second kappa shape index (κ2) is 6.53. The number of alkyl halides is 1. The van der Waals surface area contributed by atoms with Gasteiger partial charge in [-0.15, -0.1) is 11.6 Å². The average Bonchev–Trinajstić information content (AvgIpc) is 2.46. The SMILES string of the molecule is Cc1cccc(C)c1N(Cc1cccnc1)C(=O)CCl. The molecule has 0 aliphatic heterocycles. The van der Waals surface area contributed by atoms with Gasteiger partial charge in [0.2, 0.25) is 5.91 Å². The molecule has 0 unspecified atom stereocenters. The molecule has 1 heterocycles. The molecule has 0 spiro atoms. The average molecular weight is 289 g/mol. The van der Waals surface area contributed by atoms with Crippen molar-refractivity contribution < 1.29 is 4.79 Å². The van der Waals surface area contributed by atoms with Crippen LogP contribution in [0.15, 0.2) is 42.7 Å². The Balaban J connectivity index is 2.41. The van der Waals surface area contributed by atoms with E-state index in [1.165, 1.54) is 0 Å². The van der Waals surface area contributed by atoms with Crippen LogP contribution in [0.2, 0.25) is 0 Å². The number of hydrogen-bond acceptors (Lipinski definition) is 2. The third-order valence-corrected chi connectivity index (χ3v) is 3.42. The number of aromatic nitrogens is 1. The Bertz CT molecular complexity index is 578. The molecule has 0 N–H and O–H groups in total. The van der Waals surface area contributed by atoms with Crippen LogP contribution in [-0.2, 0) is 11.3 Å². The number of carbonyl (C=O) groups is 1. The van der Waals surface area contributed by atoms with Crippen LogP contribution in [0.4, 0.5) is 5.69 Å². The molecule has 0 radical (unpaired) electrons. The molecule has 0 saturated carbocycles. The molecule has 4 heteroatoms. The van der Waals surface area contributed by atoms with Crippen LogP contribution in [0.5, 0.6) is 0 Å². The quantitative estimate of drug-likeness (QED) is 0.807. The lowest BCUT2D eigenvalue weighted by Gasteiger charge is -2.25. The molecule has 3 nitrogen and oxygen atoms in total. The van der Waals surface area contributed by atoms with Gasteiger partial charge in [-0.3, -0.25) is 9.78 Å². The van der Waals surface area contributed by atoms with E-state index in [4.69, 9.17) is 11.6 Å². The monoisotopic (exact) mass is 288 g/mol. The summed E-state index contributed by atoms with van der Waals surface area (Å²) >= 11 is 5.76. The molecule has 1 aromatic carbocycles. The van der Waals surface area contributed by atoms with Crippen molar-refractivity contribution in [1.82, 2.24) is 4.98 Å². The van der Waals surface area contributed by atoms with E-state index in [9.17, 15) is 4.79 Å². The summed E-state index contributed by atoms with van der Waals surface area (Å²) in [5.74, 6) is -0.137. The zero-order chi connectivity index (χ0) is 14.5. The van der Waals surface area contributed by atoms with Crippen molar-refractivity contribution >= 4 is 23.2 Å². The summed E-state index contributed by atoms with van der Waals surface area (Å²) in [6.45, 7) is 4.48. The zero-order valence-electron chi connectivity index (χ0n) is 11.6. The number of nitrogens with zero attached hydrogens (tertiary/aromatic N) is 2. The van der Waals surface area contributed by atoms with Gasteiger partial charge >= 0.3 is 0 Å². The third kappa shape index (κ3) is 3.17. The molecule has 20 heavy (non-hydrogen) atoms. The fourth-order valence-electron chi connectivity index (χ4n) is 2.27. The number of aryl methyl sites for hydroxylation is 2. The molecule has 1 amide bonds. The minimum atomic E-state index is -0.104. The fraction of sp³-hybridized carbons (Fsp3) is 0.250. The molecule has 1 aromatic heterocycles. The van der Waals surface area contributed by atoms with Crippen LogP contribution in [0.3, 0.4) is 0 Å². The Morgan fingerprint density at radius 1 is 1.20 bits per heavy atom. The van der Waals surface area contributed by atoms with Crippen molar-refractivity contribution in [2.45, 2.75) is 20.4 Å². The number of anilines is 1. The Labute approximate surface area is 124 Å². The summed E-state index contributed by atoms with van der Waals surface area (Å²) < 4.78 is 0. The van der Waals surface area contributed by atoms with E-state index in [2.05, 4.69) is 4.98 Å². The first-order valence-corrected chi connectivity index (χ1v) is 6.98. The normalized spacial score (nSPS) is 10.3.